The second-order valence-corrected chi connectivity index (χ2v) is 8.88. The molecular weight excluding hydrogens is 352 g/mol. The number of fused-ring (bicyclic) bond motifs is 2. The topological polar surface area (TPSA) is 88.3 Å². The summed E-state index contributed by atoms with van der Waals surface area (Å²) >= 11 is 0. The Bertz CT molecular complexity index is 673. The minimum atomic E-state index is -0.000111. The molecule has 6 heteroatoms. The number of nitrogens with two attached hydrogens (primary N) is 1. The molecule has 2 aliphatic carbocycles. The SMILES string of the molecule is NC1C2CCCC1CC(C(=O)N1CCC(C(=O)NCc3cccnc3)CC1)C2. The highest BCUT2D eigenvalue weighted by Gasteiger charge is 2.42. The molecule has 2 amide bonds. The lowest BCUT2D eigenvalue weighted by Crippen LogP contribution is -2.51. The average Bonchev–Trinajstić information content (AvgIpc) is 2.72. The summed E-state index contributed by atoms with van der Waals surface area (Å²) in [7, 11) is 0. The van der Waals surface area contributed by atoms with Crippen molar-refractivity contribution < 1.29 is 9.59 Å². The van der Waals surface area contributed by atoms with Crippen LogP contribution in [0.4, 0.5) is 0 Å². The smallest absolute Gasteiger partial charge is 0.225 e. The van der Waals surface area contributed by atoms with Crippen LogP contribution in [-0.4, -0.2) is 40.8 Å². The predicted octanol–water partition coefficient (Wildman–Crippen LogP) is 2.09. The van der Waals surface area contributed by atoms with Gasteiger partial charge in [-0.25, -0.2) is 0 Å². The molecule has 3 fully saturated rings. The number of hydrogen-bond donors (Lipinski definition) is 2. The van der Waals surface area contributed by atoms with Gasteiger partial charge in [-0.05, 0) is 62.0 Å². The second-order valence-electron chi connectivity index (χ2n) is 8.88. The predicted molar refractivity (Wildman–Crippen MR) is 107 cm³/mol. The number of carbonyl (C=O) groups is 2. The van der Waals surface area contributed by atoms with Crippen LogP contribution in [0.1, 0.15) is 50.5 Å². The molecule has 2 unspecified atom stereocenters. The third-order valence-electron chi connectivity index (χ3n) is 7.13. The fourth-order valence-electron chi connectivity index (χ4n) is 5.45. The van der Waals surface area contributed by atoms with Crippen LogP contribution < -0.4 is 11.1 Å². The van der Waals surface area contributed by atoms with Gasteiger partial charge >= 0.3 is 0 Å². The summed E-state index contributed by atoms with van der Waals surface area (Å²) in [5.74, 6) is 1.59. The molecule has 1 aromatic heterocycles. The molecule has 0 radical (unpaired) electrons. The average molecular weight is 385 g/mol. The number of likely N-dealkylation sites (tertiary alicyclic amines) is 1. The van der Waals surface area contributed by atoms with Crippen LogP contribution in [0.3, 0.4) is 0 Å². The first-order valence-electron chi connectivity index (χ1n) is 10.8. The molecule has 2 heterocycles. The molecule has 1 saturated heterocycles. The summed E-state index contributed by atoms with van der Waals surface area (Å²) in [6.07, 6.45) is 10.6. The molecule has 2 atom stereocenters. The number of rotatable bonds is 4. The Hall–Kier alpha value is -1.95. The zero-order valence-corrected chi connectivity index (χ0v) is 16.6. The summed E-state index contributed by atoms with van der Waals surface area (Å²) in [5.41, 5.74) is 7.38. The van der Waals surface area contributed by atoms with Gasteiger partial charge in [0.1, 0.15) is 0 Å². The van der Waals surface area contributed by atoms with Gasteiger partial charge in [-0.3, -0.25) is 14.6 Å². The highest BCUT2D eigenvalue weighted by atomic mass is 16.2. The van der Waals surface area contributed by atoms with E-state index in [1.165, 1.54) is 19.3 Å². The zero-order valence-electron chi connectivity index (χ0n) is 16.6. The van der Waals surface area contributed by atoms with Crippen LogP contribution in [-0.2, 0) is 16.1 Å². The molecule has 2 saturated carbocycles. The van der Waals surface area contributed by atoms with Crippen LogP contribution in [0.25, 0.3) is 0 Å². The van der Waals surface area contributed by atoms with Crippen molar-refractivity contribution in [3.63, 3.8) is 0 Å². The first-order valence-corrected chi connectivity index (χ1v) is 10.8. The highest BCUT2D eigenvalue weighted by Crippen LogP contribution is 2.42. The maximum absolute atomic E-state index is 13.1. The van der Waals surface area contributed by atoms with E-state index in [2.05, 4.69) is 10.3 Å². The Balaban J connectivity index is 1.24. The lowest BCUT2D eigenvalue weighted by Gasteiger charge is -2.45. The lowest BCUT2D eigenvalue weighted by molar-refractivity contribution is -0.141. The minimum absolute atomic E-state index is 0.000111. The van der Waals surface area contributed by atoms with Gasteiger partial charge in [-0.1, -0.05) is 12.5 Å². The summed E-state index contributed by atoms with van der Waals surface area (Å²) in [5, 5.41) is 3.01. The number of pyridine rings is 1. The molecule has 3 aliphatic rings. The van der Waals surface area contributed by atoms with Crippen LogP contribution >= 0.6 is 0 Å². The Morgan fingerprint density at radius 2 is 1.82 bits per heavy atom. The van der Waals surface area contributed by atoms with Crippen molar-refractivity contribution in [2.75, 3.05) is 13.1 Å². The molecule has 6 nitrogen and oxygen atoms in total. The van der Waals surface area contributed by atoms with Crippen molar-refractivity contribution in [2.45, 2.75) is 57.5 Å². The standard InChI is InChI=1S/C22H32N4O2/c23-20-17-4-1-5-18(20)12-19(11-17)22(28)26-9-6-16(7-10-26)21(27)25-14-15-3-2-8-24-13-15/h2-3,8,13,16-20H,1,4-7,9-12,14,23H2,(H,25,27). The van der Waals surface area contributed by atoms with Crippen molar-refractivity contribution in [3.05, 3.63) is 30.1 Å². The number of nitrogens with zero attached hydrogens (tertiary/aromatic N) is 2. The van der Waals surface area contributed by atoms with Gasteiger partial charge in [0.15, 0.2) is 0 Å². The van der Waals surface area contributed by atoms with E-state index in [0.29, 0.717) is 43.4 Å². The van der Waals surface area contributed by atoms with Crippen LogP contribution in [0.2, 0.25) is 0 Å². The number of carbonyl (C=O) groups excluding carboxylic acids is 2. The number of nitrogens with one attached hydrogen (secondary N) is 1. The van der Waals surface area contributed by atoms with Crippen molar-refractivity contribution in [1.82, 2.24) is 15.2 Å². The van der Waals surface area contributed by atoms with Crippen LogP contribution in [0, 0.1) is 23.7 Å². The highest BCUT2D eigenvalue weighted by molar-refractivity contribution is 5.81. The van der Waals surface area contributed by atoms with Gasteiger partial charge in [-0.15, -0.1) is 0 Å². The fourth-order valence-corrected chi connectivity index (χ4v) is 5.45. The molecule has 3 N–H and O–H groups in total. The van der Waals surface area contributed by atoms with Crippen molar-refractivity contribution in [1.29, 1.82) is 0 Å². The van der Waals surface area contributed by atoms with Crippen LogP contribution in [0.15, 0.2) is 24.5 Å². The van der Waals surface area contributed by atoms with E-state index in [0.717, 1.165) is 31.2 Å². The summed E-state index contributed by atoms with van der Waals surface area (Å²) in [4.78, 5) is 31.6. The van der Waals surface area contributed by atoms with Gasteiger partial charge in [0, 0.05) is 49.9 Å². The molecule has 152 valence electrons. The van der Waals surface area contributed by atoms with Gasteiger partial charge in [-0.2, -0.15) is 0 Å². The molecule has 4 rings (SSSR count). The minimum Gasteiger partial charge on any atom is -0.352 e. The second kappa shape index (κ2) is 8.60. The first-order chi connectivity index (χ1) is 13.6. The molecular formula is C22H32N4O2. The maximum atomic E-state index is 13.1. The van der Waals surface area contributed by atoms with E-state index in [-0.39, 0.29) is 17.7 Å². The molecule has 2 bridgehead atoms. The van der Waals surface area contributed by atoms with E-state index in [1.807, 2.05) is 17.0 Å². The van der Waals surface area contributed by atoms with E-state index in [4.69, 9.17) is 5.73 Å². The Labute approximate surface area is 167 Å². The summed E-state index contributed by atoms with van der Waals surface area (Å²) in [6.45, 7) is 1.90. The van der Waals surface area contributed by atoms with Gasteiger partial charge in [0.05, 0.1) is 0 Å². The molecule has 0 aromatic carbocycles. The normalized spacial score (nSPS) is 30.7. The van der Waals surface area contributed by atoms with Gasteiger partial charge in [0.25, 0.3) is 0 Å². The lowest BCUT2D eigenvalue weighted by atomic mass is 9.65. The van der Waals surface area contributed by atoms with E-state index in [1.54, 1.807) is 12.4 Å². The van der Waals surface area contributed by atoms with Gasteiger partial charge < -0.3 is 16.0 Å². The number of hydrogen-bond acceptors (Lipinski definition) is 4. The third kappa shape index (κ3) is 4.22. The molecule has 0 spiro atoms. The van der Waals surface area contributed by atoms with Crippen LogP contribution in [0.5, 0.6) is 0 Å². The molecule has 1 aliphatic heterocycles. The fraction of sp³-hybridized carbons (Fsp3) is 0.682. The quantitative estimate of drug-likeness (QED) is 0.832. The number of amides is 2. The number of piperidine rings is 1. The Morgan fingerprint density at radius 1 is 1.11 bits per heavy atom. The number of aromatic nitrogens is 1. The maximum Gasteiger partial charge on any atom is 0.225 e. The Kier molecular flexibility index (Phi) is 5.95. The Morgan fingerprint density at radius 3 is 2.46 bits per heavy atom. The van der Waals surface area contributed by atoms with Crippen molar-refractivity contribution in [3.8, 4) is 0 Å². The van der Waals surface area contributed by atoms with Gasteiger partial charge in [0.2, 0.25) is 11.8 Å². The third-order valence-corrected chi connectivity index (χ3v) is 7.13. The monoisotopic (exact) mass is 384 g/mol. The summed E-state index contributed by atoms with van der Waals surface area (Å²) in [6, 6.07) is 4.13. The van der Waals surface area contributed by atoms with E-state index in [9.17, 15) is 9.59 Å². The molecule has 1 aromatic rings. The van der Waals surface area contributed by atoms with E-state index < -0.39 is 0 Å². The van der Waals surface area contributed by atoms with Crippen molar-refractivity contribution >= 4 is 11.8 Å². The largest absolute Gasteiger partial charge is 0.352 e. The van der Waals surface area contributed by atoms with E-state index >= 15 is 0 Å². The molecule has 28 heavy (non-hydrogen) atoms. The zero-order chi connectivity index (χ0) is 19.5. The summed E-state index contributed by atoms with van der Waals surface area (Å²) < 4.78 is 0. The van der Waals surface area contributed by atoms with Crippen molar-refractivity contribution in [2.24, 2.45) is 29.4 Å². The first kappa shape index (κ1) is 19.4.